The molecule has 2 aliphatic rings. The van der Waals surface area contributed by atoms with Gasteiger partial charge in [-0.25, -0.2) is 0 Å². The standard InChI is InChI=1S/C16H24O/c1-5-15-14(13(3)17-4)8-11-16(15)9-6-12(2)7-10-16/h5,12H,1,3,6-11H2,2,4H3. The van der Waals surface area contributed by atoms with Crippen molar-refractivity contribution in [1.82, 2.24) is 0 Å². The molecule has 0 amide bonds. The van der Waals surface area contributed by atoms with Gasteiger partial charge in [-0.1, -0.05) is 26.2 Å². The molecular formula is C16H24O. The van der Waals surface area contributed by atoms with E-state index in [0.717, 1.165) is 18.1 Å². The molecule has 0 N–H and O–H groups in total. The summed E-state index contributed by atoms with van der Waals surface area (Å²) in [7, 11) is 1.71. The van der Waals surface area contributed by atoms with Gasteiger partial charge in [-0.3, -0.25) is 0 Å². The van der Waals surface area contributed by atoms with E-state index in [1.165, 1.54) is 43.3 Å². The third-order valence-electron chi connectivity index (χ3n) is 4.77. The molecule has 1 fully saturated rings. The first-order valence-electron chi connectivity index (χ1n) is 6.72. The summed E-state index contributed by atoms with van der Waals surface area (Å²) >= 11 is 0. The molecule has 1 nitrogen and oxygen atoms in total. The Bertz CT molecular complexity index is 354. The van der Waals surface area contributed by atoms with Gasteiger partial charge in [0.15, 0.2) is 0 Å². The van der Waals surface area contributed by atoms with Crippen molar-refractivity contribution < 1.29 is 4.74 Å². The van der Waals surface area contributed by atoms with Crippen LogP contribution < -0.4 is 0 Å². The predicted molar refractivity (Wildman–Crippen MR) is 72.7 cm³/mol. The zero-order valence-corrected chi connectivity index (χ0v) is 11.2. The molecule has 1 saturated carbocycles. The van der Waals surface area contributed by atoms with Crippen LogP contribution in [-0.4, -0.2) is 7.11 Å². The molecule has 1 heteroatoms. The topological polar surface area (TPSA) is 9.23 Å². The quantitative estimate of drug-likeness (QED) is 0.645. The number of hydrogen-bond acceptors (Lipinski definition) is 1. The van der Waals surface area contributed by atoms with Crippen molar-refractivity contribution in [2.24, 2.45) is 11.3 Å². The van der Waals surface area contributed by atoms with Crippen LogP contribution >= 0.6 is 0 Å². The second-order valence-electron chi connectivity index (χ2n) is 5.69. The van der Waals surface area contributed by atoms with Crippen molar-refractivity contribution in [3.05, 3.63) is 36.1 Å². The second-order valence-corrected chi connectivity index (χ2v) is 5.69. The van der Waals surface area contributed by atoms with Gasteiger partial charge in [0.25, 0.3) is 0 Å². The Morgan fingerprint density at radius 3 is 2.53 bits per heavy atom. The lowest BCUT2D eigenvalue weighted by atomic mass is 9.67. The number of hydrogen-bond donors (Lipinski definition) is 0. The molecule has 0 aromatic rings. The Morgan fingerprint density at radius 2 is 2.00 bits per heavy atom. The van der Waals surface area contributed by atoms with E-state index in [1.807, 2.05) is 0 Å². The van der Waals surface area contributed by atoms with Crippen molar-refractivity contribution >= 4 is 0 Å². The summed E-state index contributed by atoms with van der Waals surface area (Å²) in [4.78, 5) is 0. The molecule has 2 aliphatic carbocycles. The van der Waals surface area contributed by atoms with Crippen LogP contribution in [0.1, 0.15) is 45.4 Å². The highest BCUT2D eigenvalue weighted by Gasteiger charge is 2.41. The van der Waals surface area contributed by atoms with E-state index < -0.39 is 0 Å². The van der Waals surface area contributed by atoms with Crippen molar-refractivity contribution in [3.8, 4) is 0 Å². The summed E-state index contributed by atoms with van der Waals surface area (Å²) < 4.78 is 5.32. The van der Waals surface area contributed by atoms with E-state index in [1.54, 1.807) is 7.11 Å². The summed E-state index contributed by atoms with van der Waals surface area (Å²) in [5.74, 6) is 1.73. The largest absolute Gasteiger partial charge is 0.497 e. The first kappa shape index (κ1) is 12.5. The third kappa shape index (κ3) is 2.08. The SMILES string of the molecule is C=CC1=C(C(=C)OC)CCC12CCC(C)CC2. The van der Waals surface area contributed by atoms with Crippen molar-refractivity contribution in [3.63, 3.8) is 0 Å². The average Bonchev–Trinajstić information content (AvgIpc) is 2.71. The van der Waals surface area contributed by atoms with Crippen LogP contribution in [0.5, 0.6) is 0 Å². The van der Waals surface area contributed by atoms with Gasteiger partial charge in [-0.2, -0.15) is 0 Å². The van der Waals surface area contributed by atoms with Crippen molar-refractivity contribution in [2.45, 2.75) is 45.4 Å². The number of methoxy groups -OCH3 is 1. The van der Waals surface area contributed by atoms with Crippen LogP contribution in [0.25, 0.3) is 0 Å². The van der Waals surface area contributed by atoms with E-state index in [4.69, 9.17) is 4.74 Å². The third-order valence-corrected chi connectivity index (χ3v) is 4.77. The normalized spacial score (nSPS) is 32.9. The first-order valence-corrected chi connectivity index (χ1v) is 6.72. The Morgan fingerprint density at radius 1 is 1.35 bits per heavy atom. The lowest BCUT2D eigenvalue weighted by Gasteiger charge is -2.38. The van der Waals surface area contributed by atoms with Gasteiger partial charge in [-0.15, -0.1) is 0 Å². The lowest BCUT2D eigenvalue weighted by Crippen LogP contribution is -2.26. The highest BCUT2D eigenvalue weighted by Crippen LogP contribution is 2.54. The minimum atomic E-state index is 0.394. The minimum absolute atomic E-state index is 0.394. The highest BCUT2D eigenvalue weighted by atomic mass is 16.5. The van der Waals surface area contributed by atoms with Gasteiger partial charge >= 0.3 is 0 Å². The highest BCUT2D eigenvalue weighted by molar-refractivity contribution is 5.44. The average molecular weight is 232 g/mol. The summed E-state index contributed by atoms with van der Waals surface area (Å²) in [6, 6.07) is 0. The smallest absolute Gasteiger partial charge is 0.115 e. The molecule has 0 saturated heterocycles. The zero-order chi connectivity index (χ0) is 12.5. The number of ether oxygens (including phenoxy) is 1. The predicted octanol–water partition coefficient (Wildman–Crippen LogP) is 4.62. The van der Waals surface area contributed by atoms with E-state index in [9.17, 15) is 0 Å². The van der Waals surface area contributed by atoms with E-state index in [2.05, 4.69) is 26.2 Å². The first-order chi connectivity index (χ1) is 8.13. The molecular weight excluding hydrogens is 208 g/mol. The van der Waals surface area contributed by atoms with E-state index >= 15 is 0 Å². The Balaban J connectivity index is 2.29. The monoisotopic (exact) mass is 232 g/mol. The van der Waals surface area contributed by atoms with Crippen LogP contribution in [0.15, 0.2) is 36.1 Å². The van der Waals surface area contributed by atoms with Crippen molar-refractivity contribution in [2.75, 3.05) is 7.11 Å². The van der Waals surface area contributed by atoms with Crippen LogP contribution in [0.2, 0.25) is 0 Å². The second kappa shape index (κ2) is 4.72. The fraction of sp³-hybridized carbons (Fsp3) is 0.625. The van der Waals surface area contributed by atoms with Crippen LogP contribution in [-0.2, 0) is 4.74 Å². The van der Waals surface area contributed by atoms with Gasteiger partial charge in [0.1, 0.15) is 5.76 Å². The van der Waals surface area contributed by atoms with Crippen LogP contribution in [0.3, 0.4) is 0 Å². The molecule has 0 radical (unpaired) electrons. The maximum Gasteiger partial charge on any atom is 0.115 e. The zero-order valence-electron chi connectivity index (χ0n) is 11.2. The summed E-state index contributed by atoms with van der Waals surface area (Å²) in [6.07, 6.45) is 9.77. The molecule has 0 aliphatic heterocycles. The molecule has 0 aromatic heterocycles. The van der Waals surface area contributed by atoms with Gasteiger partial charge < -0.3 is 4.74 Å². The summed E-state index contributed by atoms with van der Waals surface area (Å²) in [5, 5.41) is 0. The molecule has 0 heterocycles. The molecule has 2 rings (SSSR count). The number of allylic oxidation sites excluding steroid dienone is 3. The molecule has 1 spiro atoms. The fourth-order valence-corrected chi connectivity index (χ4v) is 3.54. The fourth-order valence-electron chi connectivity index (χ4n) is 3.54. The van der Waals surface area contributed by atoms with Gasteiger partial charge in [0.2, 0.25) is 0 Å². The summed E-state index contributed by atoms with van der Waals surface area (Å²) in [5.41, 5.74) is 3.14. The minimum Gasteiger partial charge on any atom is -0.497 e. The van der Waals surface area contributed by atoms with E-state index in [-0.39, 0.29) is 0 Å². The van der Waals surface area contributed by atoms with E-state index in [0.29, 0.717) is 5.41 Å². The molecule has 0 aromatic carbocycles. The maximum atomic E-state index is 5.32. The Hall–Kier alpha value is -0.980. The van der Waals surface area contributed by atoms with Crippen LogP contribution in [0.4, 0.5) is 0 Å². The molecule has 0 unspecified atom stereocenters. The maximum absolute atomic E-state index is 5.32. The van der Waals surface area contributed by atoms with Crippen LogP contribution in [0, 0.1) is 11.3 Å². The van der Waals surface area contributed by atoms with Crippen molar-refractivity contribution in [1.29, 1.82) is 0 Å². The lowest BCUT2D eigenvalue weighted by molar-refractivity contribution is 0.201. The number of rotatable bonds is 3. The summed E-state index contributed by atoms with van der Waals surface area (Å²) in [6.45, 7) is 10.4. The molecule has 0 atom stereocenters. The molecule has 0 bridgehead atoms. The molecule has 94 valence electrons. The Kier molecular flexibility index (Phi) is 3.46. The molecule has 17 heavy (non-hydrogen) atoms. The Labute approximate surface area is 105 Å². The van der Waals surface area contributed by atoms with Gasteiger partial charge in [0, 0.05) is 0 Å². The van der Waals surface area contributed by atoms with Gasteiger partial charge in [0.05, 0.1) is 7.11 Å². The van der Waals surface area contributed by atoms with Gasteiger partial charge in [-0.05, 0) is 61.0 Å².